The molecular weight excluding hydrogens is 285 g/mol. The molecule has 0 aliphatic carbocycles. The van der Waals surface area contributed by atoms with Crippen LogP contribution >= 0.6 is 29.1 Å². The SMILES string of the molecule is S=P(S)(S)N(c1ccccc1)c1ccccc1. The van der Waals surface area contributed by atoms with Gasteiger partial charge in [0.2, 0.25) is 0 Å². The number of thiol groups is 2. The minimum Gasteiger partial charge on any atom is -0.297 e. The first kappa shape index (κ1) is 13.0. The third-order valence-corrected chi connectivity index (χ3v) is 4.81. The summed E-state index contributed by atoms with van der Waals surface area (Å²) >= 11 is 14.4. The van der Waals surface area contributed by atoms with Crippen LogP contribution in [-0.4, -0.2) is 0 Å². The topological polar surface area (TPSA) is 3.24 Å². The van der Waals surface area contributed by atoms with Crippen molar-refractivity contribution >= 4 is 52.3 Å². The molecular formula is C12H12NPS3. The lowest BCUT2D eigenvalue weighted by Crippen LogP contribution is -2.07. The first-order valence-electron chi connectivity index (χ1n) is 5.05. The average Bonchev–Trinajstić information content (AvgIpc) is 2.30. The lowest BCUT2D eigenvalue weighted by atomic mass is 10.3. The molecule has 0 N–H and O–H groups in total. The normalized spacial score (nSPS) is 11.2. The predicted octanol–water partition coefficient (Wildman–Crippen LogP) is 4.91. The molecule has 0 saturated heterocycles. The summed E-state index contributed by atoms with van der Waals surface area (Å²) in [5.41, 5.74) is 2.04. The van der Waals surface area contributed by atoms with E-state index in [0.29, 0.717) is 0 Å². The molecule has 0 heterocycles. The van der Waals surface area contributed by atoms with Gasteiger partial charge in [0.15, 0.2) is 0 Å². The van der Waals surface area contributed by atoms with Gasteiger partial charge < -0.3 is 0 Å². The average molecular weight is 297 g/mol. The van der Waals surface area contributed by atoms with Crippen LogP contribution in [0.5, 0.6) is 0 Å². The zero-order valence-corrected chi connectivity index (χ0v) is 12.5. The Morgan fingerprint density at radius 1 is 0.765 bits per heavy atom. The summed E-state index contributed by atoms with van der Waals surface area (Å²) in [5.74, 6) is 0. The van der Waals surface area contributed by atoms with E-state index >= 15 is 0 Å². The fourth-order valence-electron chi connectivity index (χ4n) is 1.59. The Hall–Kier alpha value is -0.410. The van der Waals surface area contributed by atoms with Crippen LogP contribution in [0.1, 0.15) is 0 Å². The van der Waals surface area contributed by atoms with Gasteiger partial charge in [0.25, 0.3) is 0 Å². The summed E-state index contributed by atoms with van der Waals surface area (Å²) in [7, 11) is 0. The fourth-order valence-corrected chi connectivity index (χ4v) is 4.26. The number of benzene rings is 2. The number of hydrogen-bond acceptors (Lipinski definition) is 1. The number of nitrogens with zero attached hydrogens (tertiary/aromatic N) is 1. The Kier molecular flexibility index (Phi) is 4.21. The molecule has 0 atom stereocenters. The van der Waals surface area contributed by atoms with Crippen LogP contribution in [0.15, 0.2) is 60.7 Å². The van der Waals surface area contributed by atoms with Gasteiger partial charge in [-0.15, -0.1) is 24.5 Å². The van der Waals surface area contributed by atoms with Gasteiger partial charge in [0.1, 0.15) is 4.59 Å². The summed E-state index contributed by atoms with van der Waals surface area (Å²) < 4.78 is -0.156. The van der Waals surface area contributed by atoms with Gasteiger partial charge in [-0.3, -0.25) is 4.67 Å². The van der Waals surface area contributed by atoms with Crippen LogP contribution in [0.3, 0.4) is 0 Å². The van der Waals surface area contributed by atoms with Gasteiger partial charge in [-0.2, -0.15) is 0 Å². The van der Waals surface area contributed by atoms with Gasteiger partial charge in [-0.05, 0) is 24.3 Å². The van der Waals surface area contributed by atoms with Crippen molar-refractivity contribution in [2.45, 2.75) is 0 Å². The molecule has 1 nitrogen and oxygen atoms in total. The van der Waals surface area contributed by atoms with E-state index in [9.17, 15) is 0 Å². The second kappa shape index (κ2) is 5.49. The second-order valence-electron chi connectivity index (χ2n) is 3.50. The lowest BCUT2D eigenvalue weighted by Gasteiger charge is -2.30. The Morgan fingerprint density at radius 3 is 1.41 bits per heavy atom. The molecule has 0 saturated carbocycles. The van der Waals surface area contributed by atoms with E-state index in [1.54, 1.807) is 0 Å². The van der Waals surface area contributed by atoms with Gasteiger partial charge in [-0.25, -0.2) is 0 Å². The summed E-state index contributed by atoms with van der Waals surface area (Å²) in [5, 5.41) is 0. The first-order chi connectivity index (χ1) is 8.09. The van der Waals surface area contributed by atoms with Crippen molar-refractivity contribution in [2.75, 3.05) is 4.67 Å². The maximum Gasteiger partial charge on any atom is 0.141 e. The Bertz CT molecular complexity index is 484. The van der Waals surface area contributed by atoms with Crippen molar-refractivity contribution in [1.29, 1.82) is 0 Å². The number of anilines is 2. The van der Waals surface area contributed by atoms with Gasteiger partial charge in [-0.1, -0.05) is 48.2 Å². The smallest absolute Gasteiger partial charge is 0.141 e. The minimum absolute atomic E-state index is 1.02. The Morgan fingerprint density at radius 2 is 1.12 bits per heavy atom. The maximum absolute atomic E-state index is 5.44. The molecule has 5 heteroatoms. The molecule has 2 aromatic carbocycles. The fraction of sp³-hybridized carbons (Fsp3) is 0. The molecule has 88 valence electrons. The largest absolute Gasteiger partial charge is 0.297 e. The maximum atomic E-state index is 5.44. The highest BCUT2D eigenvalue weighted by Crippen LogP contribution is 2.63. The molecule has 2 rings (SSSR count). The molecule has 0 aliphatic rings. The molecule has 17 heavy (non-hydrogen) atoms. The molecule has 0 aliphatic heterocycles. The molecule has 0 spiro atoms. The van der Waals surface area contributed by atoms with Crippen LogP contribution < -0.4 is 4.67 Å². The van der Waals surface area contributed by atoms with Gasteiger partial charge >= 0.3 is 0 Å². The summed E-state index contributed by atoms with van der Waals surface area (Å²) in [6, 6.07) is 20.0. The molecule has 0 radical (unpaired) electrons. The van der Waals surface area contributed by atoms with E-state index in [2.05, 4.69) is 24.5 Å². The van der Waals surface area contributed by atoms with E-state index in [-0.39, 0.29) is 0 Å². The van der Waals surface area contributed by atoms with E-state index in [0.717, 1.165) is 11.4 Å². The first-order valence-corrected chi connectivity index (χ1v) is 10.1. The molecule has 2 aromatic rings. The lowest BCUT2D eigenvalue weighted by molar-refractivity contribution is 1.43. The highest BCUT2D eigenvalue weighted by atomic mass is 33.2. The zero-order chi connectivity index (χ0) is 12.3. The molecule has 0 aromatic heterocycles. The number of rotatable bonds is 3. The summed E-state index contributed by atoms with van der Waals surface area (Å²) in [4.78, 5) is 0. The van der Waals surface area contributed by atoms with E-state index < -0.39 is 4.59 Å². The van der Waals surface area contributed by atoms with Crippen molar-refractivity contribution in [3.8, 4) is 0 Å². The van der Waals surface area contributed by atoms with Crippen LogP contribution in [0.4, 0.5) is 11.4 Å². The molecule has 0 amide bonds. The van der Waals surface area contributed by atoms with Crippen molar-refractivity contribution in [3.63, 3.8) is 0 Å². The van der Waals surface area contributed by atoms with Crippen molar-refractivity contribution in [3.05, 3.63) is 60.7 Å². The van der Waals surface area contributed by atoms with Crippen molar-refractivity contribution in [1.82, 2.24) is 0 Å². The van der Waals surface area contributed by atoms with Crippen LogP contribution in [0.25, 0.3) is 0 Å². The van der Waals surface area contributed by atoms with Crippen molar-refractivity contribution < 1.29 is 0 Å². The molecule has 0 bridgehead atoms. The Balaban J connectivity index is 2.52. The zero-order valence-electron chi connectivity index (χ0n) is 8.97. The molecule has 0 unspecified atom stereocenters. The minimum atomic E-state index is -2.16. The Labute approximate surface area is 117 Å². The van der Waals surface area contributed by atoms with E-state index in [4.69, 9.17) is 11.8 Å². The van der Waals surface area contributed by atoms with Crippen LogP contribution in [0.2, 0.25) is 0 Å². The third kappa shape index (κ3) is 3.29. The summed E-state index contributed by atoms with van der Waals surface area (Å²) in [6.07, 6.45) is 0. The second-order valence-corrected chi connectivity index (χ2v) is 12.6. The predicted molar refractivity (Wildman–Crippen MR) is 87.3 cm³/mol. The number of para-hydroxylation sites is 2. The highest BCUT2D eigenvalue weighted by molar-refractivity contribution is 8.92. The van der Waals surface area contributed by atoms with Gasteiger partial charge in [0.05, 0.1) is 0 Å². The quantitative estimate of drug-likeness (QED) is 0.612. The van der Waals surface area contributed by atoms with Crippen LogP contribution in [0, 0.1) is 0 Å². The van der Waals surface area contributed by atoms with Crippen LogP contribution in [-0.2, 0) is 11.8 Å². The van der Waals surface area contributed by atoms with E-state index in [1.807, 2.05) is 65.3 Å². The van der Waals surface area contributed by atoms with Gasteiger partial charge in [0, 0.05) is 11.4 Å². The molecule has 0 fully saturated rings. The standard InChI is InChI=1S/C12H12NPS3/c15-14(16,17)13(11-7-3-1-4-8-11)12-9-5-2-6-10-12/h1-10H,(H2,15,16,17). The summed E-state index contributed by atoms with van der Waals surface area (Å²) in [6.45, 7) is 0. The van der Waals surface area contributed by atoms with Crippen molar-refractivity contribution in [2.24, 2.45) is 0 Å². The van der Waals surface area contributed by atoms with E-state index in [1.165, 1.54) is 0 Å². The third-order valence-electron chi connectivity index (χ3n) is 2.26. The monoisotopic (exact) mass is 297 g/mol. The highest BCUT2D eigenvalue weighted by Gasteiger charge is 2.19. The number of hydrogen-bond donors (Lipinski definition) is 2.